The van der Waals surface area contributed by atoms with Gasteiger partial charge in [0.1, 0.15) is 12.1 Å². The third-order valence-electron chi connectivity index (χ3n) is 3.57. The summed E-state index contributed by atoms with van der Waals surface area (Å²) in [6, 6.07) is -2.19. The highest BCUT2D eigenvalue weighted by atomic mass is 16.4. The van der Waals surface area contributed by atoms with Crippen molar-refractivity contribution in [3.05, 3.63) is 0 Å². The molecular weight excluding hydrogens is 274 g/mol. The summed E-state index contributed by atoms with van der Waals surface area (Å²) in [5, 5.41) is 13.9. The number of hydrogen-bond acceptors (Lipinski definition) is 3. The Balaban J connectivity index is 2.45. The Hall–Kier alpha value is -1.79. The summed E-state index contributed by atoms with van der Waals surface area (Å²) in [7, 11) is 0. The largest absolute Gasteiger partial charge is 0.480 e. The molecule has 1 aliphatic rings. The molecule has 1 unspecified atom stereocenters. The number of piperidine rings is 1. The molecule has 1 saturated heterocycles. The van der Waals surface area contributed by atoms with Crippen LogP contribution < -0.4 is 10.6 Å². The van der Waals surface area contributed by atoms with Crippen molar-refractivity contribution >= 4 is 17.9 Å². The number of rotatable bonds is 6. The minimum atomic E-state index is -1.07. The van der Waals surface area contributed by atoms with Crippen molar-refractivity contribution in [2.75, 3.05) is 13.1 Å². The fourth-order valence-electron chi connectivity index (χ4n) is 2.39. The molecule has 2 atom stereocenters. The van der Waals surface area contributed by atoms with E-state index < -0.39 is 24.1 Å². The number of aliphatic carboxylic acids is 1. The predicted molar refractivity (Wildman–Crippen MR) is 77.9 cm³/mol. The lowest BCUT2D eigenvalue weighted by Crippen LogP contribution is -2.53. The number of carbonyl (C=O) groups is 3. The lowest BCUT2D eigenvalue weighted by molar-refractivity contribution is -0.139. The van der Waals surface area contributed by atoms with Crippen molar-refractivity contribution in [1.29, 1.82) is 0 Å². The van der Waals surface area contributed by atoms with Crippen molar-refractivity contribution in [2.45, 2.75) is 58.0 Å². The standard InChI is InChI=1S/C14H25N3O4/c1-3-7-11(13(19)20)16-14(21)15-10(2)12(18)17-8-5-4-6-9-17/h10-11H,3-9H2,1-2H3,(H,19,20)(H2,15,16,21)/t10?,11-/m1/s1. The summed E-state index contributed by atoms with van der Waals surface area (Å²) in [5.41, 5.74) is 0. The van der Waals surface area contributed by atoms with E-state index in [2.05, 4.69) is 10.6 Å². The highest BCUT2D eigenvalue weighted by Crippen LogP contribution is 2.09. The summed E-state index contributed by atoms with van der Waals surface area (Å²) >= 11 is 0. The van der Waals surface area contributed by atoms with Gasteiger partial charge in [-0.25, -0.2) is 9.59 Å². The number of hydrogen-bond donors (Lipinski definition) is 3. The van der Waals surface area contributed by atoms with Crippen LogP contribution in [-0.2, 0) is 9.59 Å². The van der Waals surface area contributed by atoms with Crippen molar-refractivity contribution in [3.8, 4) is 0 Å². The van der Waals surface area contributed by atoms with E-state index in [-0.39, 0.29) is 5.91 Å². The molecule has 0 radical (unpaired) electrons. The number of nitrogens with zero attached hydrogens (tertiary/aromatic N) is 1. The van der Waals surface area contributed by atoms with Crippen molar-refractivity contribution < 1.29 is 19.5 Å². The highest BCUT2D eigenvalue weighted by Gasteiger charge is 2.25. The monoisotopic (exact) mass is 299 g/mol. The smallest absolute Gasteiger partial charge is 0.326 e. The van der Waals surface area contributed by atoms with Crippen molar-refractivity contribution in [1.82, 2.24) is 15.5 Å². The van der Waals surface area contributed by atoms with Gasteiger partial charge in [0.2, 0.25) is 5.91 Å². The Morgan fingerprint density at radius 2 is 1.76 bits per heavy atom. The third kappa shape index (κ3) is 5.61. The fourth-order valence-corrected chi connectivity index (χ4v) is 2.39. The molecule has 0 saturated carbocycles. The van der Waals surface area contributed by atoms with E-state index in [1.54, 1.807) is 11.8 Å². The maximum Gasteiger partial charge on any atom is 0.326 e. The third-order valence-corrected chi connectivity index (χ3v) is 3.57. The van der Waals surface area contributed by atoms with Gasteiger partial charge in [-0.2, -0.15) is 0 Å². The van der Waals surface area contributed by atoms with Gasteiger partial charge in [-0.15, -0.1) is 0 Å². The molecule has 0 aromatic heterocycles. The van der Waals surface area contributed by atoms with E-state index >= 15 is 0 Å². The van der Waals surface area contributed by atoms with E-state index in [0.29, 0.717) is 12.8 Å². The maximum absolute atomic E-state index is 12.1. The summed E-state index contributed by atoms with van der Waals surface area (Å²) in [6.45, 7) is 4.91. The molecule has 3 amide bonds. The van der Waals surface area contributed by atoms with Gasteiger partial charge < -0.3 is 20.6 Å². The van der Waals surface area contributed by atoms with Crippen LogP contribution in [0.5, 0.6) is 0 Å². The average molecular weight is 299 g/mol. The lowest BCUT2D eigenvalue weighted by atomic mass is 10.1. The van der Waals surface area contributed by atoms with Crippen LogP contribution in [0.25, 0.3) is 0 Å². The van der Waals surface area contributed by atoms with Gasteiger partial charge >= 0.3 is 12.0 Å². The van der Waals surface area contributed by atoms with Gasteiger partial charge in [-0.3, -0.25) is 4.79 Å². The molecule has 1 heterocycles. The molecule has 120 valence electrons. The van der Waals surface area contributed by atoms with Gasteiger partial charge in [0.15, 0.2) is 0 Å². The second-order valence-corrected chi connectivity index (χ2v) is 5.40. The molecule has 0 bridgehead atoms. The van der Waals surface area contributed by atoms with Gasteiger partial charge in [-0.1, -0.05) is 13.3 Å². The van der Waals surface area contributed by atoms with E-state index in [1.807, 2.05) is 6.92 Å². The summed E-state index contributed by atoms with van der Waals surface area (Å²) in [4.78, 5) is 36.6. The second kappa shape index (κ2) is 8.49. The minimum absolute atomic E-state index is 0.118. The van der Waals surface area contributed by atoms with E-state index in [0.717, 1.165) is 32.4 Å². The first-order valence-corrected chi connectivity index (χ1v) is 7.54. The molecule has 7 heteroatoms. The number of likely N-dealkylation sites (tertiary alicyclic amines) is 1. The number of carboxylic acid groups (broad SMARTS) is 1. The molecule has 0 aromatic carbocycles. The number of nitrogens with one attached hydrogen (secondary N) is 2. The van der Waals surface area contributed by atoms with E-state index in [1.165, 1.54) is 0 Å². The number of amides is 3. The molecule has 7 nitrogen and oxygen atoms in total. The number of carbonyl (C=O) groups excluding carboxylic acids is 2. The summed E-state index contributed by atoms with van der Waals surface area (Å²) in [6.07, 6.45) is 4.12. The normalized spacial score (nSPS) is 17.7. The van der Waals surface area contributed by atoms with Gasteiger partial charge in [0.25, 0.3) is 0 Å². The quantitative estimate of drug-likeness (QED) is 0.679. The Morgan fingerprint density at radius 1 is 1.14 bits per heavy atom. The average Bonchev–Trinajstić information content (AvgIpc) is 2.46. The van der Waals surface area contributed by atoms with Crippen LogP contribution in [0.15, 0.2) is 0 Å². The molecule has 0 spiro atoms. The molecule has 0 aromatic rings. The summed E-state index contributed by atoms with van der Waals surface area (Å²) < 4.78 is 0. The highest BCUT2D eigenvalue weighted by molar-refractivity contribution is 5.88. The zero-order chi connectivity index (χ0) is 15.8. The molecule has 1 aliphatic heterocycles. The van der Waals surface area contributed by atoms with Crippen molar-refractivity contribution in [3.63, 3.8) is 0 Å². The van der Waals surface area contributed by atoms with Gasteiger partial charge in [-0.05, 0) is 32.6 Å². The molecule has 0 aliphatic carbocycles. The minimum Gasteiger partial charge on any atom is -0.480 e. The molecule has 3 N–H and O–H groups in total. The topological polar surface area (TPSA) is 98.7 Å². The zero-order valence-corrected chi connectivity index (χ0v) is 12.7. The number of carboxylic acids is 1. The van der Waals surface area contributed by atoms with E-state index in [4.69, 9.17) is 5.11 Å². The Morgan fingerprint density at radius 3 is 2.29 bits per heavy atom. The first-order chi connectivity index (χ1) is 9.95. The lowest BCUT2D eigenvalue weighted by Gasteiger charge is -2.29. The van der Waals surface area contributed by atoms with Gasteiger partial charge in [0, 0.05) is 13.1 Å². The van der Waals surface area contributed by atoms with Crippen LogP contribution in [0.3, 0.4) is 0 Å². The fraction of sp³-hybridized carbons (Fsp3) is 0.786. The number of urea groups is 1. The van der Waals surface area contributed by atoms with Crippen LogP contribution in [0.2, 0.25) is 0 Å². The maximum atomic E-state index is 12.1. The first-order valence-electron chi connectivity index (χ1n) is 7.54. The zero-order valence-electron chi connectivity index (χ0n) is 12.7. The molecule has 1 fully saturated rings. The van der Waals surface area contributed by atoms with Crippen LogP contribution in [0, 0.1) is 0 Å². The van der Waals surface area contributed by atoms with E-state index in [9.17, 15) is 14.4 Å². The van der Waals surface area contributed by atoms with Crippen LogP contribution in [0.1, 0.15) is 46.0 Å². The second-order valence-electron chi connectivity index (χ2n) is 5.40. The van der Waals surface area contributed by atoms with Crippen LogP contribution in [0.4, 0.5) is 4.79 Å². The van der Waals surface area contributed by atoms with Gasteiger partial charge in [0.05, 0.1) is 0 Å². The molecule has 1 rings (SSSR count). The Bertz CT molecular complexity index is 380. The Kier molecular flexibility index (Phi) is 6.98. The molecule has 21 heavy (non-hydrogen) atoms. The Labute approximate surface area is 125 Å². The van der Waals surface area contributed by atoms with Crippen LogP contribution >= 0.6 is 0 Å². The van der Waals surface area contributed by atoms with Crippen LogP contribution in [-0.4, -0.2) is 53.1 Å². The first kappa shape index (κ1) is 17.3. The van der Waals surface area contributed by atoms with Crippen molar-refractivity contribution in [2.24, 2.45) is 0 Å². The SMILES string of the molecule is CCC[C@@H](NC(=O)NC(C)C(=O)N1CCCCC1)C(=O)O. The molecular formula is C14H25N3O4. The predicted octanol–water partition coefficient (Wildman–Crippen LogP) is 0.940. The summed E-state index contributed by atoms with van der Waals surface area (Å²) in [5.74, 6) is -1.19.